The van der Waals surface area contributed by atoms with Gasteiger partial charge in [-0.3, -0.25) is 24.5 Å². The Morgan fingerprint density at radius 2 is 1.58 bits per heavy atom. The minimum atomic E-state index is -0.576. The molecule has 168 valence electrons. The second-order valence-electron chi connectivity index (χ2n) is 7.38. The number of nitrogens with one attached hydrogen (secondary N) is 1. The summed E-state index contributed by atoms with van der Waals surface area (Å²) in [6.45, 7) is 1.72. The Bertz CT molecular complexity index is 1170. The number of hydrogen-bond acceptors (Lipinski definition) is 6. The third-order valence-electron chi connectivity index (χ3n) is 4.83. The predicted octanol–water partition coefficient (Wildman–Crippen LogP) is 4.60. The molecule has 0 atom stereocenters. The highest BCUT2D eigenvalue weighted by molar-refractivity contribution is 6.08. The average Bonchev–Trinajstić information content (AvgIpc) is 2.83. The second kappa shape index (κ2) is 10.8. The highest BCUT2D eigenvalue weighted by atomic mass is 16.6. The Morgan fingerprint density at radius 3 is 2.24 bits per heavy atom. The third kappa shape index (κ3) is 6.57. The van der Waals surface area contributed by atoms with Gasteiger partial charge in [-0.1, -0.05) is 60.7 Å². The summed E-state index contributed by atoms with van der Waals surface area (Å²) in [5.74, 6) is -1.20. The smallest absolute Gasteiger partial charge is 0.306 e. The van der Waals surface area contributed by atoms with Crippen molar-refractivity contribution < 1.29 is 24.0 Å². The first-order chi connectivity index (χ1) is 15.8. The number of ether oxygens (including phenoxy) is 1. The minimum absolute atomic E-state index is 0.00366. The highest BCUT2D eigenvalue weighted by Crippen LogP contribution is 2.25. The zero-order chi connectivity index (χ0) is 23.8. The molecule has 0 bridgehead atoms. The molecular weight excluding hydrogens is 424 g/mol. The van der Waals surface area contributed by atoms with E-state index < -0.39 is 16.8 Å². The largest absolute Gasteiger partial charge is 0.461 e. The van der Waals surface area contributed by atoms with Crippen LogP contribution in [0.4, 0.5) is 11.4 Å². The van der Waals surface area contributed by atoms with Crippen LogP contribution in [0, 0.1) is 17.0 Å². The van der Waals surface area contributed by atoms with E-state index >= 15 is 0 Å². The lowest BCUT2D eigenvalue weighted by Crippen LogP contribution is -2.15. The van der Waals surface area contributed by atoms with Crippen LogP contribution in [-0.4, -0.2) is 22.6 Å². The SMILES string of the molecule is Cc1ccc(NC(=O)CCC(=O)OCc2ccc(C(=O)c3ccccc3)cc2)c([N+](=O)[O-])c1. The first-order valence-corrected chi connectivity index (χ1v) is 10.2. The van der Waals surface area contributed by atoms with E-state index in [1.54, 1.807) is 61.5 Å². The maximum Gasteiger partial charge on any atom is 0.306 e. The van der Waals surface area contributed by atoms with Crippen LogP contribution in [-0.2, 0) is 20.9 Å². The van der Waals surface area contributed by atoms with Gasteiger partial charge < -0.3 is 10.1 Å². The summed E-state index contributed by atoms with van der Waals surface area (Å²) in [5.41, 5.74) is 2.38. The number of anilines is 1. The van der Waals surface area contributed by atoms with Crippen molar-refractivity contribution in [3.8, 4) is 0 Å². The molecule has 0 heterocycles. The van der Waals surface area contributed by atoms with E-state index in [1.165, 1.54) is 12.1 Å². The average molecular weight is 446 g/mol. The molecule has 3 rings (SSSR count). The fourth-order valence-electron chi connectivity index (χ4n) is 3.07. The van der Waals surface area contributed by atoms with Crippen LogP contribution < -0.4 is 5.32 Å². The fraction of sp³-hybridized carbons (Fsp3) is 0.160. The number of nitro benzene ring substituents is 1. The third-order valence-corrected chi connectivity index (χ3v) is 4.83. The number of ketones is 1. The molecule has 0 saturated carbocycles. The van der Waals surface area contributed by atoms with Gasteiger partial charge >= 0.3 is 5.97 Å². The topological polar surface area (TPSA) is 116 Å². The lowest BCUT2D eigenvalue weighted by atomic mass is 10.0. The number of aryl methyl sites for hydroxylation is 1. The maximum atomic E-state index is 12.4. The van der Waals surface area contributed by atoms with Crippen LogP contribution in [0.3, 0.4) is 0 Å². The van der Waals surface area contributed by atoms with Gasteiger partial charge in [0.05, 0.1) is 11.3 Å². The summed E-state index contributed by atoms with van der Waals surface area (Å²) in [7, 11) is 0. The molecule has 3 aromatic carbocycles. The van der Waals surface area contributed by atoms with Crippen molar-refractivity contribution in [3.63, 3.8) is 0 Å². The predicted molar refractivity (Wildman–Crippen MR) is 122 cm³/mol. The van der Waals surface area contributed by atoms with Gasteiger partial charge in [0.1, 0.15) is 12.3 Å². The van der Waals surface area contributed by atoms with E-state index in [1.807, 2.05) is 6.07 Å². The Labute approximate surface area is 190 Å². The van der Waals surface area contributed by atoms with E-state index in [9.17, 15) is 24.5 Å². The number of carbonyl (C=O) groups is 3. The quantitative estimate of drug-likeness (QED) is 0.222. The molecule has 0 aliphatic carbocycles. The van der Waals surface area contributed by atoms with Crippen molar-refractivity contribution in [2.75, 3.05) is 5.32 Å². The van der Waals surface area contributed by atoms with Gasteiger partial charge in [-0.25, -0.2) is 0 Å². The van der Waals surface area contributed by atoms with Crippen molar-refractivity contribution in [2.45, 2.75) is 26.4 Å². The monoisotopic (exact) mass is 446 g/mol. The molecule has 1 amide bonds. The Hall–Kier alpha value is -4.33. The van der Waals surface area contributed by atoms with Crippen molar-refractivity contribution in [2.24, 2.45) is 0 Å². The molecule has 3 aromatic rings. The molecule has 8 heteroatoms. The number of rotatable bonds is 9. The van der Waals surface area contributed by atoms with Crippen LogP contribution in [0.5, 0.6) is 0 Å². The maximum absolute atomic E-state index is 12.4. The number of nitrogens with zero attached hydrogens (tertiary/aromatic N) is 1. The number of nitro groups is 1. The van der Waals surface area contributed by atoms with Crippen molar-refractivity contribution >= 4 is 29.0 Å². The number of hydrogen-bond donors (Lipinski definition) is 1. The Balaban J connectivity index is 1.46. The second-order valence-corrected chi connectivity index (χ2v) is 7.38. The van der Waals surface area contributed by atoms with Crippen LogP contribution in [0.25, 0.3) is 0 Å². The molecule has 0 spiro atoms. The van der Waals surface area contributed by atoms with Crippen LogP contribution in [0.2, 0.25) is 0 Å². The van der Waals surface area contributed by atoms with Crippen molar-refractivity contribution in [3.05, 3.63) is 105 Å². The molecule has 8 nitrogen and oxygen atoms in total. The molecular formula is C25H22N2O6. The standard InChI is InChI=1S/C25H22N2O6/c1-17-7-12-21(22(15-17)27(31)32)26-23(28)13-14-24(29)33-16-18-8-10-20(11-9-18)25(30)19-5-3-2-4-6-19/h2-12,15H,13-14,16H2,1H3,(H,26,28). The summed E-state index contributed by atoms with van der Waals surface area (Å²) < 4.78 is 5.18. The van der Waals surface area contributed by atoms with Gasteiger partial charge in [-0.05, 0) is 24.1 Å². The Morgan fingerprint density at radius 1 is 0.909 bits per heavy atom. The van der Waals surface area contributed by atoms with Gasteiger partial charge in [-0.2, -0.15) is 0 Å². The van der Waals surface area contributed by atoms with E-state index in [0.717, 1.165) is 0 Å². The normalized spacial score (nSPS) is 10.3. The van der Waals surface area contributed by atoms with Gasteiger partial charge in [0.15, 0.2) is 5.78 Å². The minimum Gasteiger partial charge on any atom is -0.461 e. The lowest BCUT2D eigenvalue weighted by molar-refractivity contribution is -0.384. The first-order valence-electron chi connectivity index (χ1n) is 10.2. The van der Waals surface area contributed by atoms with E-state index in [-0.39, 0.29) is 36.6 Å². The number of benzene rings is 3. The van der Waals surface area contributed by atoms with E-state index in [2.05, 4.69) is 5.32 Å². The molecule has 0 aromatic heterocycles. The van der Waals surface area contributed by atoms with Crippen molar-refractivity contribution in [1.82, 2.24) is 0 Å². The molecule has 33 heavy (non-hydrogen) atoms. The molecule has 0 aliphatic heterocycles. The van der Waals surface area contributed by atoms with E-state index in [4.69, 9.17) is 4.74 Å². The van der Waals surface area contributed by atoms with Gasteiger partial charge in [0.2, 0.25) is 5.91 Å². The van der Waals surface area contributed by atoms with Gasteiger partial charge in [0.25, 0.3) is 5.69 Å². The molecule has 1 N–H and O–H groups in total. The van der Waals surface area contributed by atoms with Crippen molar-refractivity contribution in [1.29, 1.82) is 0 Å². The summed E-state index contributed by atoms with van der Waals surface area (Å²) in [6, 6.07) is 20.1. The van der Waals surface area contributed by atoms with Gasteiger partial charge in [-0.15, -0.1) is 0 Å². The van der Waals surface area contributed by atoms with Crippen LogP contribution in [0.15, 0.2) is 72.8 Å². The van der Waals surface area contributed by atoms with E-state index in [0.29, 0.717) is 22.3 Å². The molecule has 0 unspecified atom stereocenters. The molecule has 0 radical (unpaired) electrons. The summed E-state index contributed by atoms with van der Waals surface area (Å²) >= 11 is 0. The number of carbonyl (C=O) groups excluding carboxylic acids is 3. The molecule has 0 aliphatic rings. The molecule has 0 fully saturated rings. The number of amides is 1. The zero-order valence-corrected chi connectivity index (χ0v) is 17.9. The van der Waals surface area contributed by atoms with Crippen LogP contribution >= 0.6 is 0 Å². The number of esters is 1. The highest BCUT2D eigenvalue weighted by Gasteiger charge is 2.17. The van der Waals surface area contributed by atoms with Crippen LogP contribution in [0.1, 0.15) is 39.9 Å². The molecule has 0 saturated heterocycles. The lowest BCUT2D eigenvalue weighted by Gasteiger charge is -2.08. The summed E-state index contributed by atoms with van der Waals surface area (Å²) in [6.07, 6.45) is -0.343. The summed E-state index contributed by atoms with van der Waals surface area (Å²) in [5, 5.41) is 13.6. The fourth-order valence-corrected chi connectivity index (χ4v) is 3.07. The van der Waals surface area contributed by atoms with Gasteiger partial charge in [0, 0.05) is 23.6 Å². The Kier molecular flexibility index (Phi) is 7.64. The zero-order valence-electron chi connectivity index (χ0n) is 17.9. The summed E-state index contributed by atoms with van der Waals surface area (Å²) in [4.78, 5) is 47.1. The first kappa shape index (κ1) is 23.3.